The van der Waals surface area contributed by atoms with E-state index in [0.717, 1.165) is 12.3 Å². The smallest absolute Gasteiger partial charge is 0.267 e. The maximum atomic E-state index is 11.7. The lowest BCUT2D eigenvalue weighted by Crippen LogP contribution is -2.33. The van der Waals surface area contributed by atoms with E-state index < -0.39 is 0 Å². The molecule has 88 valence electrons. The average Bonchev–Trinajstić information content (AvgIpc) is 2.74. The Morgan fingerprint density at radius 2 is 2.50 bits per heavy atom. The van der Waals surface area contributed by atoms with Gasteiger partial charge in [0.25, 0.3) is 5.91 Å². The van der Waals surface area contributed by atoms with Crippen LogP contribution >= 0.6 is 23.5 Å². The Labute approximate surface area is 103 Å². The second kappa shape index (κ2) is 5.54. The van der Waals surface area contributed by atoms with E-state index in [-0.39, 0.29) is 5.91 Å². The molecule has 4 nitrogen and oxygen atoms in total. The Bertz CT molecular complexity index is 361. The summed E-state index contributed by atoms with van der Waals surface area (Å²) in [6, 6.07) is 1.65. The third-order valence-electron chi connectivity index (χ3n) is 2.33. The topological polar surface area (TPSA) is 70.9 Å². The number of thioether (sulfide) groups is 2. The number of carbonyl (C=O) groups excluding carboxylic acids is 1. The van der Waals surface area contributed by atoms with Crippen LogP contribution in [0.25, 0.3) is 0 Å². The molecule has 1 unspecified atom stereocenters. The van der Waals surface area contributed by atoms with E-state index in [4.69, 9.17) is 5.73 Å². The Balaban J connectivity index is 1.79. The maximum Gasteiger partial charge on any atom is 0.267 e. The van der Waals surface area contributed by atoms with Crippen LogP contribution in [0.3, 0.4) is 0 Å². The largest absolute Gasteiger partial charge is 0.397 e. The van der Waals surface area contributed by atoms with Crippen LogP contribution in [0.5, 0.6) is 0 Å². The first-order valence-electron chi connectivity index (χ1n) is 5.17. The molecule has 1 saturated heterocycles. The number of nitrogens with two attached hydrogens (primary N) is 1. The van der Waals surface area contributed by atoms with Crippen molar-refractivity contribution in [1.82, 2.24) is 10.3 Å². The van der Waals surface area contributed by atoms with Gasteiger partial charge in [0.05, 0.1) is 0 Å². The summed E-state index contributed by atoms with van der Waals surface area (Å²) in [6.45, 7) is 0.732. The minimum Gasteiger partial charge on any atom is -0.397 e. The van der Waals surface area contributed by atoms with Gasteiger partial charge in [0.15, 0.2) is 0 Å². The zero-order chi connectivity index (χ0) is 11.4. The summed E-state index contributed by atoms with van der Waals surface area (Å²) < 4.78 is 0. The van der Waals surface area contributed by atoms with Crippen molar-refractivity contribution < 1.29 is 4.79 Å². The van der Waals surface area contributed by atoms with Gasteiger partial charge in [0.2, 0.25) is 0 Å². The first-order chi connectivity index (χ1) is 7.75. The number of aromatic amines is 1. The van der Waals surface area contributed by atoms with Crippen molar-refractivity contribution in [3.05, 3.63) is 18.0 Å². The van der Waals surface area contributed by atoms with E-state index in [1.165, 1.54) is 11.5 Å². The number of H-pyrrole nitrogens is 1. The zero-order valence-corrected chi connectivity index (χ0v) is 10.5. The number of rotatable bonds is 3. The second-order valence-electron chi connectivity index (χ2n) is 3.62. The molecule has 0 aromatic carbocycles. The molecule has 1 aromatic heterocycles. The van der Waals surface area contributed by atoms with E-state index >= 15 is 0 Å². The predicted molar refractivity (Wildman–Crippen MR) is 71.1 cm³/mol. The first kappa shape index (κ1) is 11.7. The molecular formula is C10H15N3OS2. The van der Waals surface area contributed by atoms with Crippen LogP contribution in [0.15, 0.2) is 12.3 Å². The number of hydrogen-bond donors (Lipinski definition) is 3. The lowest BCUT2D eigenvalue weighted by molar-refractivity contribution is 0.0950. The van der Waals surface area contributed by atoms with Gasteiger partial charge in [-0.05, 0) is 6.07 Å². The molecular weight excluding hydrogens is 242 g/mol. The molecule has 1 aromatic rings. The van der Waals surface area contributed by atoms with Gasteiger partial charge < -0.3 is 16.0 Å². The summed E-state index contributed by atoms with van der Waals surface area (Å²) in [7, 11) is 0. The molecule has 2 heterocycles. The maximum absolute atomic E-state index is 11.7. The summed E-state index contributed by atoms with van der Waals surface area (Å²) >= 11 is 3.89. The minimum atomic E-state index is -0.0760. The number of nitrogen functional groups attached to an aromatic ring is 1. The monoisotopic (exact) mass is 257 g/mol. The number of carbonyl (C=O) groups is 1. The summed E-state index contributed by atoms with van der Waals surface area (Å²) in [5.41, 5.74) is 6.66. The van der Waals surface area contributed by atoms with Gasteiger partial charge in [0.1, 0.15) is 5.69 Å². The van der Waals surface area contributed by atoms with Crippen molar-refractivity contribution in [2.24, 2.45) is 0 Å². The van der Waals surface area contributed by atoms with Gasteiger partial charge in [-0.3, -0.25) is 4.79 Å². The van der Waals surface area contributed by atoms with Crippen LogP contribution in [0.4, 0.5) is 5.69 Å². The van der Waals surface area contributed by atoms with Crippen molar-refractivity contribution in [3.8, 4) is 0 Å². The molecule has 0 aliphatic carbocycles. The number of nitrogens with one attached hydrogen (secondary N) is 2. The van der Waals surface area contributed by atoms with Crippen LogP contribution in [0.1, 0.15) is 10.5 Å². The highest BCUT2D eigenvalue weighted by molar-refractivity contribution is 8.06. The Morgan fingerprint density at radius 1 is 1.62 bits per heavy atom. The lowest BCUT2D eigenvalue weighted by Gasteiger charge is -2.20. The lowest BCUT2D eigenvalue weighted by atomic mass is 10.3. The first-order valence-corrected chi connectivity index (χ1v) is 7.37. The SMILES string of the molecule is Nc1c[nH]c(C(=O)NCC2CSCCS2)c1. The van der Waals surface area contributed by atoms with Crippen LogP contribution in [-0.4, -0.2) is 39.9 Å². The van der Waals surface area contributed by atoms with Gasteiger partial charge in [-0.2, -0.15) is 23.5 Å². The normalized spacial score (nSPS) is 20.6. The van der Waals surface area contributed by atoms with E-state index in [2.05, 4.69) is 10.3 Å². The molecule has 2 rings (SSSR count). The summed E-state index contributed by atoms with van der Waals surface area (Å²) in [5, 5.41) is 3.46. The van der Waals surface area contributed by atoms with Crippen molar-refractivity contribution in [2.75, 3.05) is 29.5 Å². The summed E-state index contributed by atoms with van der Waals surface area (Å²) in [4.78, 5) is 14.5. The molecule has 6 heteroatoms. The Morgan fingerprint density at radius 3 is 3.12 bits per heavy atom. The van der Waals surface area contributed by atoms with E-state index in [1.54, 1.807) is 12.3 Å². The van der Waals surface area contributed by atoms with Crippen LogP contribution < -0.4 is 11.1 Å². The van der Waals surface area contributed by atoms with Gasteiger partial charge in [-0.25, -0.2) is 0 Å². The average molecular weight is 257 g/mol. The fourth-order valence-electron chi connectivity index (χ4n) is 1.50. The Kier molecular flexibility index (Phi) is 4.06. The van der Waals surface area contributed by atoms with Gasteiger partial charge in [-0.15, -0.1) is 0 Å². The van der Waals surface area contributed by atoms with Gasteiger partial charge in [0, 0.05) is 40.9 Å². The highest BCUT2D eigenvalue weighted by Gasteiger charge is 2.16. The second-order valence-corrected chi connectivity index (χ2v) is 6.18. The van der Waals surface area contributed by atoms with Crippen molar-refractivity contribution >= 4 is 35.1 Å². The van der Waals surface area contributed by atoms with E-state index in [1.807, 2.05) is 23.5 Å². The number of amides is 1. The van der Waals surface area contributed by atoms with E-state index in [9.17, 15) is 4.79 Å². The molecule has 4 N–H and O–H groups in total. The van der Waals surface area contributed by atoms with Crippen molar-refractivity contribution in [2.45, 2.75) is 5.25 Å². The Hall–Kier alpha value is -0.750. The third-order valence-corrected chi connectivity index (χ3v) is 5.17. The molecule has 1 atom stereocenters. The third kappa shape index (κ3) is 3.12. The van der Waals surface area contributed by atoms with Crippen molar-refractivity contribution in [1.29, 1.82) is 0 Å². The highest BCUT2D eigenvalue weighted by Crippen LogP contribution is 2.23. The van der Waals surface area contributed by atoms with Crippen LogP contribution in [0, 0.1) is 0 Å². The quantitative estimate of drug-likeness (QED) is 0.760. The molecule has 1 amide bonds. The van der Waals surface area contributed by atoms with Crippen molar-refractivity contribution in [3.63, 3.8) is 0 Å². The molecule has 0 saturated carbocycles. The van der Waals surface area contributed by atoms with Crippen LogP contribution in [0.2, 0.25) is 0 Å². The number of aromatic nitrogens is 1. The minimum absolute atomic E-state index is 0.0760. The fraction of sp³-hybridized carbons (Fsp3) is 0.500. The van der Waals surface area contributed by atoms with Crippen LogP contribution in [-0.2, 0) is 0 Å². The van der Waals surface area contributed by atoms with Gasteiger partial charge >= 0.3 is 0 Å². The number of anilines is 1. The zero-order valence-electron chi connectivity index (χ0n) is 8.86. The van der Waals surface area contributed by atoms with E-state index in [0.29, 0.717) is 16.6 Å². The predicted octanol–water partition coefficient (Wildman–Crippen LogP) is 1.18. The molecule has 1 fully saturated rings. The number of hydrogen-bond acceptors (Lipinski definition) is 4. The molecule has 0 spiro atoms. The highest BCUT2D eigenvalue weighted by atomic mass is 32.2. The fourth-order valence-corrected chi connectivity index (χ4v) is 4.11. The summed E-state index contributed by atoms with van der Waals surface area (Å²) in [5.74, 6) is 3.45. The molecule has 16 heavy (non-hydrogen) atoms. The standard InChI is InChI=1S/C10H15N3OS2/c11-7-3-9(12-4-7)10(14)13-5-8-6-15-1-2-16-8/h3-4,8,12H,1-2,5-6,11H2,(H,13,14). The van der Waals surface area contributed by atoms with Gasteiger partial charge in [-0.1, -0.05) is 0 Å². The summed E-state index contributed by atoms with van der Waals surface area (Å²) in [6.07, 6.45) is 1.63. The molecule has 1 aliphatic heterocycles. The molecule has 0 bridgehead atoms. The molecule has 0 radical (unpaired) electrons. The molecule has 1 aliphatic rings.